The molecule has 1 saturated heterocycles. The normalized spacial score (nSPS) is 14.7. The molecule has 0 saturated carbocycles. The minimum atomic E-state index is 0. The lowest BCUT2D eigenvalue weighted by Crippen LogP contribution is -2.46. The highest BCUT2D eigenvalue weighted by Gasteiger charge is 2.19. The first-order valence-corrected chi connectivity index (χ1v) is 10.9. The van der Waals surface area contributed by atoms with E-state index in [0.29, 0.717) is 0 Å². The fraction of sp³-hybridized carbons (Fsp3) is 0.400. The monoisotopic (exact) mass is 425 g/mol. The first kappa shape index (κ1) is 22.5. The predicted octanol–water partition coefficient (Wildman–Crippen LogP) is 4.78. The molecule has 0 bridgehead atoms. The Balaban J connectivity index is 0.00000256. The molecule has 3 aromatic rings. The summed E-state index contributed by atoms with van der Waals surface area (Å²) in [7, 11) is 0. The van der Waals surface area contributed by atoms with Gasteiger partial charge >= 0.3 is 0 Å². The second-order valence-electron chi connectivity index (χ2n) is 7.85. The van der Waals surface area contributed by atoms with Crippen LogP contribution in [-0.2, 0) is 6.42 Å². The van der Waals surface area contributed by atoms with Gasteiger partial charge in [-0.3, -0.25) is 0 Å². The number of likely N-dealkylation sites (N-methyl/N-ethyl adjacent to an activating group) is 1. The number of nitrogens with zero attached hydrogens (tertiary/aromatic N) is 3. The van der Waals surface area contributed by atoms with Crippen LogP contribution in [0.25, 0.3) is 22.0 Å². The third-order valence-corrected chi connectivity index (χ3v) is 5.96. The molecule has 0 radical (unpaired) electrons. The molecule has 0 unspecified atom stereocenters. The number of rotatable bonds is 7. The number of aliphatic hydroxyl groups is 1. The number of unbranched alkanes of at least 4 members (excludes halogenated alkanes) is 1. The summed E-state index contributed by atoms with van der Waals surface area (Å²) in [6.45, 7) is 7.87. The Morgan fingerprint density at radius 3 is 2.37 bits per heavy atom. The molecule has 1 aromatic heterocycles. The first-order chi connectivity index (χ1) is 14.3. The number of fused-ring (bicyclic) bond motifs is 1. The molecule has 1 aliphatic heterocycles. The molecule has 5 heteroatoms. The summed E-state index contributed by atoms with van der Waals surface area (Å²) >= 11 is 0. The fourth-order valence-electron chi connectivity index (χ4n) is 4.13. The second kappa shape index (κ2) is 10.8. The molecule has 1 N–H and O–H groups in total. The minimum absolute atomic E-state index is 0. The highest BCUT2D eigenvalue weighted by Crippen LogP contribution is 2.31. The van der Waals surface area contributed by atoms with Crippen LogP contribution in [0.3, 0.4) is 0 Å². The van der Waals surface area contributed by atoms with E-state index in [1.54, 1.807) is 0 Å². The van der Waals surface area contributed by atoms with Gasteiger partial charge in [-0.05, 0) is 42.8 Å². The molecule has 0 aliphatic carbocycles. The Kier molecular flexibility index (Phi) is 8.08. The fourth-order valence-corrected chi connectivity index (χ4v) is 4.13. The van der Waals surface area contributed by atoms with E-state index in [0.717, 1.165) is 69.1 Å². The van der Waals surface area contributed by atoms with E-state index >= 15 is 0 Å². The SMILES string of the molecule is CCN1CCN(c2nc(-c3ccc(CCCCO)cc3)cc3ccccc23)CC1.Cl. The third kappa shape index (κ3) is 5.12. The molecule has 0 spiro atoms. The molecular weight excluding hydrogens is 394 g/mol. The highest BCUT2D eigenvalue weighted by molar-refractivity contribution is 5.95. The topological polar surface area (TPSA) is 39.6 Å². The van der Waals surface area contributed by atoms with Gasteiger partial charge in [0, 0.05) is 43.7 Å². The number of anilines is 1. The van der Waals surface area contributed by atoms with E-state index in [2.05, 4.69) is 71.3 Å². The molecule has 1 fully saturated rings. The zero-order valence-electron chi connectivity index (χ0n) is 17.8. The van der Waals surface area contributed by atoms with E-state index in [4.69, 9.17) is 10.1 Å². The van der Waals surface area contributed by atoms with Gasteiger partial charge in [0.15, 0.2) is 0 Å². The van der Waals surface area contributed by atoms with E-state index < -0.39 is 0 Å². The number of hydrogen-bond donors (Lipinski definition) is 1. The van der Waals surface area contributed by atoms with Crippen molar-refractivity contribution in [2.75, 3.05) is 44.2 Å². The van der Waals surface area contributed by atoms with Crippen LogP contribution in [0.2, 0.25) is 0 Å². The van der Waals surface area contributed by atoms with Gasteiger partial charge in [-0.15, -0.1) is 12.4 Å². The summed E-state index contributed by atoms with van der Waals surface area (Å²) in [4.78, 5) is 10.1. The Bertz CT molecular complexity index is 937. The van der Waals surface area contributed by atoms with Crippen molar-refractivity contribution in [3.05, 3.63) is 60.2 Å². The number of pyridine rings is 1. The van der Waals surface area contributed by atoms with Crippen LogP contribution >= 0.6 is 12.4 Å². The Labute approximate surface area is 186 Å². The maximum Gasteiger partial charge on any atom is 0.137 e. The van der Waals surface area contributed by atoms with Crippen LogP contribution in [-0.4, -0.2) is 54.3 Å². The molecule has 2 heterocycles. The number of aromatic nitrogens is 1. The van der Waals surface area contributed by atoms with E-state index in [1.165, 1.54) is 16.3 Å². The average molecular weight is 426 g/mol. The molecule has 30 heavy (non-hydrogen) atoms. The second-order valence-corrected chi connectivity index (χ2v) is 7.85. The standard InChI is InChI=1S/C25H31N3O.ClH/c1-2-27-14-16-28(17-15-27)25-23-9-4-3-8-22(23)19-24(26-25)21-12-10-20(11-13-21)7-5-6-18-29;/h3-4,8-13,19,29H,2,5-7,14-18H2,1H3;1H. The molecule has 4 nitrogen and oxygen atoms in total. The molecular formula is C25H32ClN3O. The smallest absolute Gasteiger partial charge is 0.137 e. The lowest BCUT2D eigenvalue weighted by atomic mass is 10.0. The molecule has 1 aliphatic rings. The third-order valence-electron chi connectivity index (χ3n) is 5.96. The van der Waals surface area contributed by atoms with Crippen molar-refractivity contribution in [3.63, 3.8) is 0 Å². The number of aryl methyl sites for hydroxylation is 1. The van der Waals surface area contributed by atoms with Crippen LogP contribution in [0, 0.1) is 0 Å². The van der Waals surface area contributed by atoms with Crippen LogP contribution < -0.4 is 4.90 Å². The van der Waals surface area contributed by atoms with Crippen molar-refractivity contribution in [2.45, 2.75) is 26.2 Å². The van der Waals surface area contributed by atoms with Crippen molar-refractivity contribution in [1.29, 1.82) is 0 Å². The summed E-state index contributed by atoms with van der Waals surface area (Å²) in [6, 6.07) is 19.6. The Hall–Kier alpha value is -2.14. The van der Waals surface area contributed by atoms with Crippen LogP contribution in [0.1, 0.15) is 25.3 Å². The van der Waals surface area contributed by atoms with Crippen LogP contribution in [0.5, 0.6) is 0 Å². The van der Waals surface area contributed by atoms with Gasteiger partial charge in [-0.2, -0.15) is 0 Å². The number of piperazine rings is 1. The number of benzene rings is 2. The van der Waals surface area contributed by atoms with Crippen molar-refractivity contribution in [2.24, 2.45) is 0 Å². The zero-order valence-corrected chi connectivity index (χ0v) is 18.6. The summed E-state index contributed by atoms with van der Waals surface area (Å²) in [5, 5.41) is 11.5. The predicted molar refractivity (Wildman–Crippen MR) is 129 cm³/mol. The summed E-state index contributed by atoms with van der Waals surface area (Å²) in [5.74, 6) is 1.11. The molecule has 0 atom stereocenters. The van der Waals surface area contributed by atoms with E-state index in [1.807, 2.05) is 0 Å². The van der Waals surface area contributed by atoms with Crippen molar-refractivity contribution < 1.29 is 5.11 Å². The van der Waals surface area contributed by atoms with Crippen molar-refractivity contribution in [3.8, 4) is 11.3 Å². The molecule has 2 aromatic carbocycles. The number of halogens is 1. The minimum Gasteiger partial charge on any atom is -0.396 e. The van der Waals surface area contributed by atoms with Gasteiger partial charge in [0.25, 0.3) is 0 Å². The quantitative estimate of drug-likeness (QED) is 0.553. The largest absolute Gasteiger partial charge is 0.396 e. The average Bonchev–Trinajstić information content (AvgIpc) is 2.79. The Morgan fingerprint density at radius 2 is 1.67 bits per heavy atom. The van der Waals surface area contributed by atoms with Gasteiger partial charge < -0.3 is 14.9 Å². The maximum atomic E-state index is 8.97. The first-order valence-electron chi connectivity index (χ1n) is 10.9. The van der Waals surface area contributed by atoms with Crippen LogP contribution in [0.4, 0.5) is 5.82 Å². The summed E-state index contributed by atoms with van der Waals surface area (Å²) in [5.41, 5.74) is 3.52. The maximum absolute atomic E-state index is 8.97. The van der Waals surface area contributed by atoms with Gasteiger partial charge in [-0.25, -0.2) is 4.98 Å². The summed E-state index contributed by atoms with van der Waals surface area (Å²) in [6.07, 6.45) is 2.90. The van der Waals surface area contributed by atoms with Gasteiger partial charge in [0.05, 0.1) is 5.69 Å². The Morgan fingerprint density at radius 1 is 0.933 bits per heavy atom. The van der Waals surface area contributed by atoms with Crippen molar-refractivity contribution >= 4 is 29.0 Å². The van der Waals surface area contributed by atoms with E-state index in [9.17, 15) is 0 Å². The zero-order chi connectivity index (χ0) is 20.1. The van der Waals surface area contributed by atoms with Crippen LogP contribution in [0.15, 0.2) is 54.6 Å². The van der Waals surface area contributed by atoms with Gasteiger partial charge in [-0.1, -0.05) is 55.5 Å². The molecule has 4 rings (SSSR count). The molecule has 0 amide bonds. The highest BCUT2D eigenvalue weighted by atomic mass is 35.5. The summed E-state index contributed by atoms with van der Waals surface area (Å²) < 4.78 is 0. The molecule has 160 valence electrons. The number of hydrogen-bond acceptors (Lipinski definition) is 4. The van der Waals surface area contributed by atoms with Gasteiger partial charge in [0.1, 0.15) is 5.82 Å². The van der Waals surface area contributed by atoms with Gasteiger partial charge in [0.2, 0.25) is 0 Å². The van der Waals surface area contributed by atoms with E-state index in [-0.39, 0.29) is 19.0 Å². The van der Waals surface area contributed by atoms with Crippen molar-refractivity contribution in [1.82, 2.24) is 9.88 Å². The lowest BCUT2D eigenvalue weighted by Gasteiger charge is -2.35. The lowest BCUT2D eigenvalue weighted by molar-refractivity contribution is 0.271. The number of aliphatic hydroxyl groups excluding tert-OH is 1.